The highest BCUT2D eigenvalue weighted by Gasteiger charge is 2.68. The molecule has 6 aliphatic heterocycles. The minimum absolute atomic E-state index is 0.0741. The summed E-state index contributed by atoms with van der Waals surface area (Å²) in [5.74, 6) is -0.581. The van der Waals surface area contributed by atoms with Crippen molar-refractivity contribution in [3.63, 3.8) is 0 Å². The number of amides is 7. The van der Waals surface area contributed by atoms with Crippen LogP contribution in [0.2, 0.25) is 0 Å². The molecule has 556 valence electrons. The molecule has 6 fully saturated rings. The Morgan fingerprint density at radius 2 is 0.971 bits per heavy atom. The summed E-state index contributed by atoms with van der Waals surface area (Å²) in [6.07, 6.45) is 1.68. The summed E-state index contributed by atoms with van der Waals surface area (Å²) in [4.78, 5) is 125. The number of benzene rings is 3. The molecule has 6 N–H and O–H groups in total. The molecule has 104 heavy (non-hydrogen) atoms. The Labute approximate surface area is 604 Å². The van der Waals surface area contributed by atoms with Gasteiger partial charge in [0.15, 0.2) is 18.7 Å². The first kappa shape index (κ1) is 77.4. The van der Waals surface area contributed by atoms with Gasteiger partial charge in [0.05, 0.1) is 19.1 Å². The van der Waals surface area contributed by atoms with Gasteiger partial charge in [-0.3, -0.25) is 28.1 Å². The van der Waals surface area contributed by atoms with Gasteiger partial charge in [-0.2, -0.15) is 15.0 Å². The van der Waals surface area contributed by atoms with Crippen molar-refractivity contribution >= 4 is 55.8 Å². The number of nitrogens with zero attached hydrogens (tertiary/aromatic N) is 12. The first-order chi connectivity index (χ1) is 49.5. The third-order valence-corrected chi connectivity index (χ3v) is 21.8. The zero-order valence-corrected chi connectivity index (χ0v) is 61.8. The molecular weight excluding hydrogens is 1360 g/mol. The summed E-state index contributed by atoms with van der Waals surface area (Å²) in [6.45, 7) is 27.9. The molecule has 6 saturated heterocycles. The van der Waals surface area contributed by atoms with Crippen molar-refractivity contribution in [2.24, 2.45) is 0 Å². The molecule has 31 nitrogen and oxygen atoms in total. The van der Waals surface area contributed by atoms with Gasteiger partial charge in [0.2, 0.25) is 6.54 Å². The van der Waals surface area contributed by atoms with Gasteiger partial charge in [-0.25, -0.2) is 35.2 Å². The highest BCUT2D eigenvalue weighted by Crippen LogP contribution is 2.57. The van der Waals surface area contributed by atoms with Crippen molar-refractivity contribution in [3.8, 4) is 0 Å². The Morgan fingerprint density at radius 1 is 0.596 bits per heavy atom. The lowest BCUT2D eigenvalue weighted by Crippen LogP contribution is -2.52. The van der Waals surface area contributed by atoms with Crippen LogP contribution >= 0.6 is 8.53 Å². The number of aliphatic hydroxyl groups excluding tert-OH is 2. The SMILES string of the molecule is CC[C@@]12CN(C(=O)N(C)C)[C@@H](C(n3cc(C)c(NC(=O)c4ccccc4)nc3=O)O1)[C@@H]2O.CC[C@@]12CN[C@@H](C(n3cc(C)c(NC(=O)c4ccccc4)nc3=O)O1)[C@@H]2O.[C-]#[N+]CCOP(O[C@H]1[C@@H]2C(n3cc(C)c(NC(=O)c4ccccc4)nc3=O)O[C@@]1(CC)CN2C(=O)N(C)C)N(C(C)C)C(C)C. The molecule has 0 spiro atoms. The number of hydrogen-bond acceptors (Lipinski definition) is 20. The number of rotatable bonds is 20. The predicted molar refractivity (Wildman–Crippen MR) is 387 cm³/mol. The van der Waals surface area contributed by atoms with Gasteiger partial charge in [-0.05, 0) is 104 Å². The maximum Gasteiger partial charge on any atom is 0.351 e. The van der Waals surface area contributed by atoms with E-state index < -0.39 is 91.5 Å². The lowest BCUT2D eigenvalue weighted by atomic mass is 9.96. The molecule has 32 heteroatoms. The summed E-state index contributed by atoms with van der Waals surface area (Å²) in [7, 11) is 4.97. The second-order valence-electron chi connectivity index (χ2n) is 27.6. The van der Waals surface area contributed by atoms with Gasteiger partial charge < -0.3 is 79.2 Å². The normalized spacial score (nSPS) is 25.6. The van der Waals surface area contributed by atoms with E-state index in [9.17, 15) is 48.6 Å². The Balaban J connectivity index is 0.000000174. The molecule has 12 rings (SSSR count). The molecule has 3 aromatic carbocycles. The molecule has 7 amide bonds. The first-order valence-corrected chi connectivity index (χ1v) is 35.8. The van der Waals surface area contributed by atoms with E-state index in [4.69, 9.17) is 29.8 Å². The number of anilines is 3. The summed E-state index contributed by atoms with van der Waals surface area (Å²) in [6, 6.07) is 23.9. The maximum atomic E-state index is 13.6. The predicted octanol–water partition coefficient (Wildman–Crippen LogP) is 6.54. The number of carbonyl (C=O) groups excluding carboxylic acids is 5. The molecule has 4 unspecified atom stereocenters. The van der Waals surface area contributed by atoms with E-state index in [0.717, 1.165) is 0 Å². The van der Waals surface area contributed by atoms with E-state index in [1.54, 1.807) is 150 Å². The second kappa shape index (κ2) is 32.0. The van der Waals surface area contributed by atoms with Crippen LogP contribution in [0.25, 0.3) is 4.85 Å². The van der Waals surface area contributed by atoms with E-state index >= 15 is 0 Å². The lowest BCUT2D eigenvalue weighted by Gasteiger charge is -2.38. The van der Waals surface area contributed by atoms with Crippen molar-refractivity contribution in [1.82, 2.24) is 58.2 Å². The maximum absolute atomic E-state index is 13.6. The minimum Gasteiger partial charge on any atom is -0.388 e. The second-order valence-corrected chi connectivity index (χ2v) is 29.0. The van der Waals surface area contributed by atoms with Crippen molar-refractivity contribution in [3.05, 3.63) is 186 Å². The van der Waals surface area contributed by atoms with Crippen molar-refractivity contribution in [1.29, 1.82) is 0 Å². The monoisotopic (exact) mass is 1450 g/mol. The number of morpholine rings is 3. The van der Waals surface area contributed by atoms with Gasteiger partial charge in [0.1, 0.15) is 71.3 Å². The Morgan fingerprint density at radius 3 is 1.35 bits per heavy atom. The summed E-state index contributed by atoms with van der Waals surface area (Å²) < 4.78 is 38.2. The number of nitrogens with one attached hydrogen (secondary N) is 4. The van der Waals surface area contributed by atoms with Crippen LogP contribution in [0.5, 0.6) is 0 Å². The number of ether oxygens (including phenoxy) is 3. The average molecular weight is 1450 g/mol. The van der Waals surface area contributed by atoms with Crippen molar-refractivity contribution < 1.29 is 57.4 Å². The number of aromatic nitrogens is 6. The molecule has 3 aromatic heterocycles. The van der Waals surface area contributed by atoms with Crippen LogP contribution in [-0.4, -0.2) is 219 Å². The molecular formula is C72H93N16O15P. The molecule has 6 aromatic rings. The zero-order chi connectivity index (χ0) is 75.4. The van der Waals surface area contributed by atoms with Crippen LogP contribution in [0.1, 0.15) is 134 Å². The third kappa shape index (κ3) is 15.3. The van der Waals surface area contributed by atoms with Gasteiger partial charge in [0, 0.05) is 98.8 Å². The molecule has 0 radical (unpaired) electrons. The number of urea groups is 2. The first-order valence-electron chi connectivity index (χ1n) is 34.7. The number of fused-ring (bicyclic) bond motifs is 6. The molecule has 6 aliphatic rings. The van der Waals surface area contributed by atoms with E-state index in [0.29, 0.717) is 59.2 Å². The topological polar surface area (TPSA) is 345 Å². The number of aryl methyl sites for hydroxylation is 3. The Hall–Kier alpha value is -9.19. The fraction of sp³-hybridized carbons (Fsp3) is 0.500. The van der Waals surface area contributed by atoms with Crippen molar-refractivity contribution in [2.75, 3.05) is 76.9 Å². The van der Waals surface area contributed by atoms with E-state index in [2.05, 4.69) is 73.4 Å². The highest BCUT2D eigenvalue weighted by molar-refractivity contribution is 7.44. The molecule has 6 bridgehead atoms. The van der Waals surface area contributed by atoms with Gasteiger partial charge in [-0.1, -0.05) is 75.4 Å². The third-order valence-electron chi connectivity index (χ3n) is 19.7. The zero-order valence-electron chi connectivity index (χ0n) is 60.9. The number of carbonyl (C=O) groups is 5. The fourth-order valence-corrected chi connectivity index (χ4v) is 16.0. The smallest absolute Gasteiger partial charge is 0.351 e. The van der Waals surface area contributed by atoms with E-state index in [-0.39, 0.29) is 91.6 Å². The van der Waals surface area contributed by atoms with Crippen LogP contribution in [-0.2, 0) is 23.3 Å². The van der Waals surface area contributed by atoms with Gasteiger partial charge in [-0.15, -0.1) is 0 Å². The molecule has 0 saturated carbocycles. The van der Waals surface area contributed by atoms with Gasteiger partial charge >= 0.3 is 29.1 Å². The Bertz CT molecular complexity index is 4340. The van der Waals surface area contributed by atoms with Crippen LogP contribution in [0, 0.1) is 27.3 Å². The fourth-order valence-electron chi connectivity index (χ4n) is 14.2. The Kier molecular flexibility index (Phi) is 23.9. The lowest BCUT2D eigenvalue weighted by molar-refractivity contribution is -0.131. The molecule has 9 heterocycles. The summed E-state index contributed by atoms with van der Waals surface area (Å²) >= 11 is 0. The van der Waals surface area contributed by atoms with Crippen molar-refractivity contribution in [2.45, 2.75) is 173 Å². The van der Waals surface area contributed by atoms with Crippen LogP contribution < -0.4 is 38.3 Å². The molecule has 13 atom stereocenters. The average Bonchev–Trinajstić information content (AvgIpc) is 1.57. The highest BCUT2D eigenvalue weighted by atomic mass is 31.2. The van der Waals surface area contributed by atoms with Crippen LogP contribution in [0.3, 0.4) is 0 Å². The minimum atomic E-state index is -1.66. The van der Waals surface area contributed by atoms with Gasteiger partial charge in [0.25, 0.3) is 26.2 Å². The van der Waals surface area contributed by atoms with Crippen LogP contribution in [0.4, 0.5) is 27.0 Å². The molecule has 0 aliphatic carbocycles. The summed E-state index contributed by atoms with van der Waals surface area (Å²) in [5.41, 5.74) is -1.29. The number of likely N-dealkylation sites (tertiary alicyclic amines) is 2. The number of aliphatic hydroxyl groups is 2. The number of hydrogen-bond donors (Lipinski definition) is 6. The summed E-state index contributed by atoms with van der Waals surface area (Å²) in [5, 5.41) is 32.7. The van der Waals surface area contributed by atoms with E-state index in [1.165, 1.54) is 29.7 Å². The van der Waals surface area contributed by atoms with Crippen LogP contribution in [0.15, 0.2) is 124 Å². The quantitative estimate of drug-likeness (QED) is 0.0268. The van der Waals surface area contributed by atoms with E-state index in [1.807, 2.05) is 32.9 Å². The standard InChI is InChI=1S/C31H44N7O6P.C22H27N5O5.C19H22N4O4/c1-10-31-19-37(30(41)35(8)9)24(25(31)44-45(42-17-16-32-7)38(20(2)3)21(4)5)28(43-31)36-18-22(6)26(34-29(36)40)33-27(39)23-14-12-11-13-15-23;1-5-22-12-27(21(31)25(3)4)15(16(22)28)19(32-22)26-11-13(2)17(24-20(26)30)23-18(29)14-9-7-6-8-10-14;1-3-19-10-20-13(14(19)24)17(27-19)23-9-11(2)15(22-18(23)26)21-16(25)12-7-5-4-6-8-12/h11-15,18,20-21,24-25,28H,10,16-17,19H2,1-6,8-9H3,(H,33,34,39,40);6-11,15-16,19,28H,5,12H2,1-4H3,(H,23,24,29,30);4-9,13-14,17,20,24H,3,10H2,1-2H3,(H,21,22,25,26)/t24-,25+,28?,31+,45?;15-,16+,19?,22+;13-,14+,17?,19+/m111/s1. The largest absolute Gasteiger partial charge is 0.388 e.